The molecule has 0 saturated carbocycles. The van der Waals surface area contributed by atoms with E-state index in [2.05, 4.69) is 17.1 Å². The highest BCUT2D eigenvalue weighted by Gasteiger charge is 2.30. The van der Waals surface area contributed by atoms with Crippen molar-refractivity contribution in [2.45, 2.75) is 38.1 Å². The van der Waals surface area contributed by atoms with Crippen molar-refractivity contribution in [2.24, 2.45) is 5.73 Å². The lowest BCUT2D eigenvalue weighted by atomic mass is 9.90. The summed E-state index contributed by atoms with van der Waals surface area (Å²) in [6.45, 7) is 7.52. The van der Waals surface area contributed by atoms with Crippen LogP contribution in [0.3, 0.4) is 0 Å². The lowest BCUT2D eigenvalue weighted by molar-refractivity contribution is 0.246. The zero-order valence-electron chi connectivity index (χ0n) is 10.5. The molecule has 0 radical (unpaired) electrons. The summed E-state index contributed by atoms with van der Waals surface area (Å²) in [4.78, 5) is 2.49. The molecule has 0 bridgehead atoms. The Hall–Kier alpha value is -0.160. The molecule has 0 amide bonds. The normalized spacial score (nSPS) is 27.9. The highest BCUT2D eigenvalue weighted by Crippen LogP contribution is 2.21. The molecular weight excluding hydrogens is 202 g/mol. The Morgan fingerprint density at radius 2 is 2.19 bits per heavy atom. The van der Waals surface area contributed by atoms with Gasteiger partial charge < -0.3 is 21.1 Å². The first kappa shape index (κ1) is 13.9. The van der Waals surface area contributed by atoms with Gasteiger partial charge in [-0.3, -0.25) is 0 Å². The van der Waals surface area contributed by atoms with Crippen molar-refractivity contribution in [3.63, 3.8) is 0 Å². The van der Waals surface area contributed by atoms with Crippen LogP contribution in [0, 0.1) is 0 Å². The van der Waals surface area contributed by atoms with Crippen molar-refractivity contribution in [1.29, 1.82) is 0 Å². The van der Waals surface area contributed by atoms with Gasteiger partial charge in [0.15, 0.2) is 0 Å². The molecular formula is C12H27N3O. The zero-order chi connectivity index (χ0) is 11.9. The van der Waals surface area contributed by atoms with E-state index in [0.717, 1.165) is 38.9 Å². The van der Waals surface area contributed by atoms with E-state index in [1.807, 2.05) is 0 Å². The molecule has 0 aromatic heterocycles. The van der Waals surface area contributed by atoms with Crippen LogP contribution in [0.5, 0.6) is 0 Å². The van der Waals surface area contributed by atoms with Crippen molar-refractivity contribution >= 4 is 0 Å². The Balaban J connectivity index is 2.44. The molecule has 1 aliphatic rings. The fourth-order valence-electron chi connectivity index (χ4n) is 2.45. The third-order valence-corrected chi connectivity index (χ3v) is 3.71. The lowest BCUT2D eigenvalue weighted by Gasteiger charge is -2.33. The van der Waals surface area contributed by atoms with Gasteiger partial charge >= 0.3 is 0 Å². The summed E-state index contributed by atoms with van der Waals surface area (Å²) in [5.74, 6) is 0. The first-order chi connectivity index (χ1) is 7.76. The number of nitrogens with one attached hydrogen (secondary N) is 1. The second kappa shape index (κ2) is 7.22. The summed E-state index contributed by atoms with van der Waals surface area (Å²) >= 11 is 0. The van der Waals surface area contributed by atoms with Crippen LogP contribution < -0.4 is 11.1 Å². The van der Waals surface area contributed by atoms with E-state index >= 15 is 0 Å². The highest BCUT2D eigenvalue weighted by molar-refractivity contribution is 4.92. The number of hydrogen-bond acceptors (Lipinski definition) is 4. The molecule has 1 saturated heterocycles. The largest absolute Gasteiger partial charge is 0.396 e. The van der Waals surface area contributed by atoms with E-state index in [1.165, 1.54) is 13.0 Å². The summed E-state index contributed by atoms with van der Waals surface area (Å²) in [6, 6.07) is 0. The van der Waals surface area contributed by atoms with E-state index in [-0.39, 0.29) is 12.1 Å². The Kier molecular flexibility index (Phi) is 6.28. The molecule has 4 heteroatoms. The topological polar surface area (TPSA) is 61.5 Å². The number of nitrogens with zero attached hydrogens (tertiary/aromatic N) is 1. The van der Waals surface area contributed by atoms with Crippen LogP contribution in [-0.2, 0) is 0 Å². The SMILES string of the molecule is CCN1CCCC(CN)(NCCCO)CC1. The maximum atomic E-state index is 8.81. The van der Waals surface area contributed by atoms with Crippen molar-refractivity contribution < 1.29 is 5.11 Å². The third kappa shape index (κ3) is 4.01. The number of aliphatic hydroxyl groups excluding tert-OH is 1. The number of likely N-dealkylation sites (tertiary alicyclic amines) is 1. The van der Waals surface area contributed by atoms with Crippen molar-refractivity contribution in [1.82, 2.24) is 10.2 Å². The molecule has 0 aromatic carbocycles. The summed E-state index contributed by atoms with van der Waals surface area (Å²) in [6.07, 6.45) is 4.32. The lowest BCUT2D eigenvalue weighted by Crippen LogP contribution is -2.52. The third-order valence-electron chi connectivity index (χ3n) is 3.71. The molecule has 1 unspecified atom stereocenters. The molecule has 0 aromatic rings. The summed E-state index contributed by atoms with van der Waals surface area (Å²) < 4.78 is 0. The molecule has 0 aliphatic carbocycles. The Labute approximate surface area is 99.2 Å². The molecule has 4 nitrogen and oxygen atoms in total. The van der Waals surface area contributed by atoms with Gasteiger partial charge in [0.05, 0.1) is 0 Å². The molecule has 96 valence electrons. The summed E-state index contributed by atoms with van der Waals surface area (Å²) in [7, 11) is 0. The van der Waals surface area contributed by atoms with Gasteiger partial charge in [0, 0.05) is 18.7 Å². The second-order valence-corrected chi connectivity index (χ2v) is 4.78. The smallest absolute Gasteiger partial charge is 0.0443 e. The average molecular weight is 229 g/mol. The molecule has 16 heavy (non-hydrogen) atoms. The van der Waals surface area contributed by atoms with Crippen molar-refractivity contribution in [3.8, 4) is 0 Å². The maximum absolute atomic E-state index is 8.81. The van der Waals surface area contributed by atoms with Crippen LogP contribution in [0.25, 0.3) is 0 Å². The van der Waals surface area contributed by atoms with Crippen LogP contribution in [-0.4, -0.2) is 54.9 Å². The maximum Gasteiger partial charge on any atom is 0.0443 e. The average Bonchev–Trinajstić information content (AvgIpc) is 2.52. The molecule has 1 atom stereocenters. The molecule has 1 rings (SSSR count). The van der Waals surface area contributed by atoms with Crippen LogP contribution >= 0.6 is 0 Å². The van der Waals surface area contributed by atoms with Crippen LogP contribution in [0.4, 0.5) is 0 Å². The van der Waals surface area contributed by atoms with Gasteiger partial charge in [-0.1, -0.05) is 6.92 Å². The zero-order valence-corrected chi connectivity index (χ0v) is 10.5. The van der Waals surface area contributed by atoms with Crippen LogP contribution in [0.15, 0.2) is 0 Å². The predicted molar refractivity (Wildman–Crippen MR) is 67.5 cm³/mol. The van der Waals surface area contributed by atoms with E-state index in [0.29, 0.717) is 6.54 Å². The summed E-state index contributed by atoms with van der Waals surface area (Å²) in [5.41, 5.74) is 6.04. The Bertz CT molecular complexity index is 189. The number of rotatable bonds is 6. The molecule has 4 N–H and O–H groups in total. The van der Waals surface area contributed by atoms with Gasteiger partial charge in [0.2, 0.25) is 0 Å². The minimum Gasteiger partial charge on any atom is -0.396 e. The molecule has 1 heterocycles. The van der Waals surface area contributed by atoms with Gasteiger partial charge in [0.1, 0.15) is 0 Å². The predicted octanol–water partition coefficient (Wildman–Crippen LogP) is 0.162. The van der Waals surface area contributed by atoms with Gasteiger partial charge in [-0.25, -0.2) is 0 Å². The van der Waals surface area contributed by atoms with Crippen molar-refractivity contribution in [3.05, 3.63) is 0 Å². The quantitative estimate of drug-likeness (QED) is 0.568. The Morgan fingerprint density at radius 1 is 1.38 bits per heavy atom. The first-order valence-corrected chi connectivity index (χ1v) is 6.54. The monoisotopic (exact) mass is 229 g/mol. The van der Waals surface area contributed by atoms with Gasteiger partial charge in [-0.2, -0.15) is 0 Å². The minimum atomic E-state index is 0.110. The van der Waals surface area contributed by atoms with E-state index in [9.17, 15) is 0 Å². The highest BCUT2D eigenvalue weighted by atomic mass is 16.3. The van der Waals surface area contributed by atoms with Gasteiger partial charge in [-0.15, -0.1) is 0 Å². The van der Waals surface area contributed by atoms with E-state index in [1.54, 1.807) is 0 Å². The number of aliphatic hydroxyl groups is 1. The fourth-order valence-corrected chi connectivity index (χ4v) is 2.45. The molecule has 0 spiro atoms. The van der Waals surface area contributed by atoms with Crippen molar-refractivity contribution in [2.75, 3.05) is 39.3 Å². The first-order valence-electron chi connectivity index (χ1n) is 6.54. The van der Waals surface area contributed by atoms with Gasteiger partial charge in [-0.05, 0) is 51.9 Å². The van der Waals surface area contributed by atoms with Gasteiger partial charge in [0.25, 0.3) is 0 Å². The van der Waals surface area contributed by atoms with E-state index in [4.69, 9.17) is 10.8 Å². The fraction of sp³-hybridized carbons (Fsp3) is 1.00. The minimum absolute atomic E-state index is 0.110. The van der Waals surface area contributed by atoms with E-state index < -0.39 is 0 Å². The second-order valence-electron chi connectivity index (χ2n) is 4.78. The summed E-state index contributed by atoms with van der Waals surface area (Å²) in [5, 5.41) is 12.4. The number of nitrogens with two attached hydrogens (primary N) is 1. The molecule has 1 aliphatic heterocycles. The molecule has 1 fully saturated rings. The Morgan fingerprint density at radius 3 is 2.81 bits per heavy atom. The van der Waals surface area contributed by atoms with Crippen LogP contribution in [0.1, 0.15) is 32.6 Å². The van der Waals surface area contributed by atoms with Crippen LogP contribution in [0.2, 0.25) is 0 Å². The standard InChI is InChI=1S/C12H27N3O/c1-2-15-8-3-5-12(11-13,6-9-15)14-7-4-10-16/h14,16H,2-11,13H2,1H3. The number of hydrogen-bond donors (Lipinski definition) is 3.